The molecule has 1 atom stereocenters. The second-order valence-corrected chi connectivity index (χ2v) is 21.3. The number of methoxy groups -OCH3 is 1. The van der Waals surface area contributed by atoms with Gasteiger partial charge in [-0.1, -0.05) is 19.6 Å². The standard InChI is InChI=1S/C34H42F3NO7SeSi/c1-32(2,43-24-41-20-21-47(4,5)6)23-42-29-17-12-25(22-30(29)40-3)38-19-18-33(31(38)39,46-28-10-8-7-9-11-28)44-26-13-15-27(16-14-26)45-34(35,36)37/h7-17,22H,18-21,23-24H2,1-6H3. The number of carbonyl (C=O) groups is 1. The maximum atomic E-state index is 14.2. The average Bonchev–Trinajstić information content (AvgIpc) is 3.30. The predicted octanol–water partition coefficient (Wildman–Crippen LogP) is 6.62. The summed E-state index contributed by atoms with van der Waals surface area (Å²) in [4.78, 5) is 15.8. The number of ether oxygens (including phenoxy) is 6. The smallest absolute Gasteiger partial charge is 0.356 e. The van der Waals surface area contributed by atoms with Gasteiger partial charge in [-0.05, 0) is 6.04 Å². The Bertz CT molecular complexity index is 1470. The molecular weight excluding hydrogens is 698 g/mol. The molecule has 13 heteroatoms. The number of nitrogens with zero attached hydrogens (tertiary/aromatic N) is 1. The molecule has 3 aromatic rings. The number of hydrogen-bond donors (Lipinski definition) is 0. The van der Waals surface area contributed by atoms with Gasteiger partial charge >= 0.3 is 237 Å². The van der Waals surface area contributed by atoms with Gasteiger partial charge in [-0.15, -0.1) is 0 Å². The molecule has 1 aliphatic heterocycles. The summed E-state index contributed by atoms with van der Waals surface area (Å²) < 4.78 is 71.4. The van der Waals surface area contributed by atoms with Crippen molar-refractivity contribution in [3.8, 4) is 23.0 Å². The van der Waals surface area contributed by atoms with Gasteiger partial charge in [-0.3, -0.25) is 0 Å². The number of alkyl halides is 3. The van der Waals surface area contributed by atoms with E-state index in [-0.39, 0.29) is 30.8 Å². The van der Waals surface area contributed by atoms with Crippen molar-refractivity contribution >= 4 is 39.1 Å². The molecule has 3 aromatic carbocycles. The van der Waals surface area contributed by atoms with Crippen LogP contribution in [-0.4, -0.2) is 79.1 Å². The Labute approximate surface area is 281 Å². The van der Waals surface area contributed by atoms with Gasteiger partial charge in [0.25, 0.3) is 0 Å². The normalized spacial score (nSPS) is 17.1. The monoisotopic (exact) mass is 741 g/mol. The van der Waals surface area contributed by atoms with Crippen molar-refractivity contribution < 1.29 is 46.4 Å². The predicted molar refractivity (Wildman–Crippen MR) is 178 cm³/mol. The van der Waals surface area contributed by atoms with Gasteiger partial charge < -0.3 is 4.74 Å². The van der Waals surface area contributed by atoms with Crippen molar-refractivity contribution in [2.75, 3.05) is 38.6 Å². The van der Waals surface area contributed by atoms with E-state index < -0.39 is 39.5 Å². The number of benzene rings is 3. The van der Waals surface area contributed by atoms with Gasteiger partial charge in [0.1, 0.15) is 0 Å². The molecule has 0 radical (unpaired) electrons. The Morgan fingerprint density at radius 1 is 0.936 bits per heavy atom. The Hall–Kier alpha value is -3.22. The first-order valence-electron chi connectivity index (χ1n) is 15.2. The van der Waals surface area contributed by atoms with E-state index in [9.17, 15) is 18.0 Å². The summed E-state index contributed by atoms with van der Waals surface area (Å²) in [6.07, 6.45) is -4.44. The first-order valence-corrected chi connectivity index (χ1v) is 20.6. The van der Waals surface area contributed by atoms with Crippen LogP contribution in [0.25, 0.3) is 0 Å². The summed E-state index contributed by atoms with van der Waals surface area (Å²) in [6, 6.07) is 21.0. The van der Waals surface area contributed by atoms with Crippen LogP contribution in [0.5, 0.6) is 23.0 Å². The number of amides is 1. The van der Waals surface area contributed by atoms with Crippen LogP contribution in [0.2, 0.25) is 25.7 Å². The summed E-state index contributed by atoms with van der Waals surface area (Å²) in [5, 5.41) is 0. The number of halogens is 3. The maximum absolute atomic E-state index is 14.2. The van der Waals surface area contributed by atoms with Crippen LogP contribution >= 0.6 is 0 Å². The van der Waals surface area contributed by atoms with Crippen molar-refractivity contribution in [1.82, 2.24) is 0 Å². The Morgan fingerprint density at radius 3 is 2.26 bits per heavy atom. The fourth-order valence-electron chi connectivity index (χ4n) is 4.58. The minimum Gasteiger partial charge on any atom is -0.356 e. The molecular formula is C34H42F3NO7SeSi. The van der Waals surface area contributed by atoms with Crippen LogP contribution in [-0.2, 0) is 14.3 Å². The first kappa shape index (κ1) is 36.6. The molecule has 0 bridgehead atoms. The van der Waals surface area contributed by atoms with Gasteiger partial charge in [0.15, 0.2) is 0 Å². The molecule has 1 fully saturated rings. The zero-order valence-electron chi connectivity index (χ0n) is 27.5. The number of rotatable bonds is 16. The van der Waals surface area contributed by atoms with Crippen molar-refractivity contribution in [1.29, 1.82) is 0 Å². The topological polar surface area (TPSA) is 75.7 Å². The molecule has 0 spiro atoms. The van der Waals surface area contributed by atoms with Gasteiger partial charge in [0, 0.05) is 14.7 Å². The van der Waals surface area contributed by atoms with E-state index in [1.54, 1.807) is 23.1 Å². The molecule has 0 N–H and O–H groups in total. The Kier molecular flexibility index (Phi) is 11.9. The van der Waals surface area contributed by atoms with Crippen molar-refractivity contribution in [3.63, 3.8) is 0 Å². The Morgan fingerprint density at radius 2 is 1.62 bits per heavy atom. The minimum atomic E-state index is -4.81. The van der Waals surface area contributed by atoms with E-state index in [1.165, 1.54) is 31.4 Å². The molecule has 1 heterocycles. The van der Waals surface area contributed by atoms with Crippen LogP contribution in [0.15, 0.2) is 72.8 Å². The molecule has 0 aromatic heterocycles. The summed E-state index contributed by atoms with van der Waals surface area (Å²) >= 11 is -0.474. The molecule has 1 unspecified atom stereocenters. The second kappa shape index (κ2) is 15.3. The van der Waals surface area contributed by atoms with E-state index in [1.807, 2.05) is 44.2 Å². The molecule has 4 rings (SSSR count). The Balaban J connectivity index is 1.47. The van der Waals surface area contributed by atoms with Gasteiger partial charge in [0.05, 0.1) is 0 Å². The molecule has 1 amide bonds. The summed E-state index contributed by atoms with van der Waals surface area (Å²) in [6.45, 7) is 12.2. The molecule has 0 aliphatic carbocycles. The number of carbonyl (C=O) groups excluding carboxylic acids is 1. The summed E-state index contributed by atoms with van der Waals surface area (Å²) in [7, 11) is 0.352. The summed E-state index contributed by atoms with van der Waals surface area (Å²) in [5.74, 6) is 0.583. The van der Waals surface area contributed by atoms with E-state index in [2.05, 4.69) is 24.4 Å². The molecule has 47 heavy (non-hydrogen) atoms. The SMILES string of the molecule is COc1cc(N2CCC(Oc3ccc(OC(F)(F)F)cc3)([Se]c3ccccc3)C2=O)ccc1OCC(C)(C)OCOCC[Si](C)(C)C. The zero-order chi connectivity index (χ0) is 34.3. The molecule has 1 saturated heterocycles. The molecule has 8 nitrogen and oxygen atoms in total. The van der Waals surface area contributed by atoms with E-state index >= 15 is 0 Å². The second-order valence-electron chi connectivity index (χ2n) is 12.9. The number of hydrogen-bond acceptors (Lipinski definition) is 7. The third-order valence-electron chi connectivity index (χ3n) is 7.17. The van der Waals surface area contributed by atoms with E-state index in [0.29, 0.717) is 36.8 Å². The van der Waals surface area contributed by atoms with Crippen LogP contribution in [0.3, 0.4) is 0 Å². The van der Waals surface area contributed by atoms with Crippen molar-refractivity contribution in [3.05, 3.63) is 72.8 Å². The molecule has 0 saturated carbocycles. The number of anilines is 1. The minimum absolute atomic E-state index is 0.174. The first-order chi connectivity index (χ1) is 22.1. The summed E-state index contributed by atoms with van der Waals surface area (Å²) in [5.41, 5.74) is -0.0184. The third kappa shape index (κ3) is 10.9. The van der Waals surface area contributed by atoms with Gasteiger partial charge in [-0.2, -0.15) is 0 Å². The van der Waals surface area contributed by atoms with Crippen LogP contribution in [0.1, 0.15) is 20.3 Å². The fourth-order valence-corrected chi connectivity index (χ4v) is 7.86. The third-order valence-corrected chi connectivity index (χ3v) is 11.6. The molecule has 1 aliphatic rings. The van der Waals surface area contributed by atoms with Gasteiger partial charge in [-0.25, -0.2) is 0 Å². The van der Waals surface area contributed by atoms with Gasteiger partial charge in [0.2, 0.25) is 0 Å². The van der Waals surface area contributed by atoms with E-state index in [4.69, 9.17) is 23.7 Å². The quantitative estimate of drug-likeness (QED) is 0.0929. The zero-order valence-corrected chi connectivity index (χ0v) is 30.2. The van der Waals surface area contributed by atoms with Crippen molar-refractivity contribution in [2.24, 2.45) is 0 Å². The van der Waals surface area contributed by atoms with Crippen LogP contribution < -0.4 is 28.3 Å². The molecule has 256 valence electrons. The fraction of sp³-hybridized carbons (Fsp3) is 0.441. The van der Waals surface area contributed by atoms with E-state index in [0.717, 1.165) is 10.5 Å². The van der Waals surface area contributed by atoms with Crippen LogP contribution in [0.4, 0.5) is 18.9 Å². The van der Waals surface area contributed by atoms with Crippen LogP contribution in [0, 0.1) is 0 Å². The van der Waals surface area contributed by atoms with Crippen molar-refractivity contribution in [2.45, 2.75) is 62.4 Å². The average molecular weight is 741 g/mol.